The lowest BCUT2D eigenvalue weighted by atomic mass is 9.98. The Hall–Kier alpha value is -3.56. The lowest BCUT2D eigenvalue weighted by Gasteiger charge is -2.24. The highest BCUT2D eigenvalue weighted by Gasteiger charge is 2.60. The van der Waals surface area contributed by atoms with Crippen molar-refractivity contribution in [3.63, 3.8) is 0 Å². The number of nitrogens with one attached hydrogen (secondary N) is 1. The third kappa shape index (κ3) is 5.81. The summed E-state index contributed by atoms with van der Waals surface area (Å²) in [5.41, 5.74) is 8.38. The average molecular weight is 675 g/mol. The number of anilines is 2. The number of halogens is 1. The summed E-state index contributed by atoms with van der Waals surface area (Å²) in [5.74, 6) is -0.218. The molecule has 0 saturated carbocycles. The first-order valence-electron chi connectivity index (χ1n) is 13.0. The zero-order valence-corrected chi connectivity index (χ0v) is 24.8. The number of H-pyrrole nitrogens is 1. The maximum Gasteiger partial charge on any atom is 0.695 e. The number of fused-ring (bicyclic) bond motifs is 2. The van der Waals surface area contributed by atoms with Crippen molar-refractivity contribution >= 4 is 50.2 Å². The molecule has 0 bridgehead atoms. The number of phosphoric acid groups is 1. The van der Waals surface area contributed by atoms with E-state index in [1.54, 1.807) is 0 Å². The first kappa shape index (κ1) is 31.4. The Kier molecular flexibility index (Phi) is 8.14. The molecule has 2 aliphatic rings. The molecule has 0 aliphatic carbocycles. The maximum absolute atomic E-state index is 16.2. The van der Waals surface area contributed by atoms with E-state index >= 15 is 4.39 Å². The largest absolute Gasteiger partial charge is 0.695 e. The van der Waals surface area contributed by atoms with Gasteiger partial charge in [-0.2, -0.15) is 4.98 Å². The number of hydrogen-bond donors (Lipinski definition) is 6. The normalized spacial score (nSPS) is 30.3. The number of alkyl halides is 1. The number of aliphatic hydroxyl groups excluding tert-OH is 1. The van der Waals surface area contributed by atoms with Gasteiger partial charge in [0.05, 0.1) is 32.0 Å². The smallest absolute Gasteiger partial charge is 0.394 e. The Morgan fingerprint density at radius 2 is 1.93 bits per heavy atom. The van der Waals surface area contributed by atoms with Gasteiger partial charge in [0.15, 0.2) is 46.9 Å². The van der Waals surface area contributed by atoms with Crippen molar-refractivity contribution < 1.29 is 51.5 Å². The summed E-state index contributed by atoms with van der Waals surface area (Å²) < 4.78 is 70.4. The second-order valence-corrected chi connectivity index (χ2v) is 12.4. The molecule has 242 valence electrons. The van der Waals surface area contributed by atoms with Crippen LogP contribution in [-0.2, 0) is 32.2 Å². The highest BCUT2D eigenvalue weighted by molar-refractivity contribution is 7.47. The lowest BCUT2D eigenvalue weighted by molar-refractivity contribution is -0.0635. The van der Waals surface area contributed by atoms with Crippen LogP contribution in [0.2, 0.25) is 0 Å². The minimum atomic E-state index is -5.04. The summed E-state index contributed by atoms with van der Waals surface area (Å²) in [4.78, 5) is 54.6. The van der Waals surface area contributed by atoms with Crippen molar-refractivity contribution in [1.29, 1.82) is 0 Å². The number of nitrogens with zero attached hydrogens (tertiary/aromatic N) is 7. The van der Waals surface area contributed by atoms with Gasteiger partial charge in [0.25, 0.3) is 5.56 Å². The minimum absolute atomic E-state index is 0.00849. The molecular formula is C21H26FN10O11P2+. The predicted octanol–water partition coefficient (Wildman–Crippen LogP) is -0.434. The summed E-state index contributed by atoms with van der Waals surface area (Å²) in [6.45, 7) is -0.312. The van der Waals surface area contributed by atoms with Gasteiger partial charge in [-0.3, -0.25) is 28.0 Å². The second kappa shape index (κ2) is 11.7. The monoisotopic (exact) mass is 675 g/mol. The van der Waals surface area contributed by atoms with Gasteiger partial charge in [0.2, 0.25) is 5.95 Å². The van der Waals surface area contributed by atoms with E-state index in [0.29, 0.717) is 0 Å². The SMILES string of the molecule is CC1(F)C(O[P+](=O)O)C(COP(=O)(O)OC2CC(CO)OC2n2cnc3c(=O)[nH]c(N)nc32)OC1n1cnc2c(N)ncnc21. The standard InChI is InChI=1S/C21H25FN10O11P2/c1-21(22)13(42-44(35)36)10(41-19(21)32-7-27-11-14(23)25-5-26-15(11)32)4-39-45(37,38)43-9-2-8(3-33)40-18(9)31-6-28-12-16(31)29-20(24)30-17(12)34/h5-10,13,18-19,33H,2-4H2,1H3,(H6-,23,24,25,26,29,30,34,35,36,37,38)/p+1. The number of phosphoric ester groups is 1. The molecule has 21 nitrogen and oxygen atoms in total. The third-order valence-electron chi connectivity index (χ3n) is 7.27. The number of nitrogens with two attached hydrogens (primary N) is 2. The summed E-state index contributed by atoms with van der Waals surface area (Å²) in [5, 5.41) is 9.69. The summed E-state index contributed by atoms with van der Waals surface area (Å²) in [7, 11) is -8.40. The van der Waals surface area contributed by atoms with E-state index in [0.717, 1.165) is 13.3 Å². The molecule has 2 fully saturated rings. The van der Waals surface area contributed by atoms with E-state index < -0.39 is 77.4 Å². The van der Waals surface area contributed by atoms with Crippen LogP contribution < -0.4 is 17.0 Å². The molecule has 0 aromatic carbocycles. The Bertz CT molecular complexity index is 1870. The highest BCUT2D eigenvalue weighted by Crippen LogP contribution is 2.52. The van der Waals surface area contributed by atoms with Crippen molar-refractivity contribution in [1.82, 2.24) is 39.0 Å². The molecular weight excluding hydrogens is 649 g/mol. The number of rotatable bonds is 10. The summed E-state index contributed by atoms with van der Waals surface area (Å²) >= 11 is 0. The van der Waals surface area contributed by atoms with E-state index in [4.69, 9.17) is 34.5 Å². The fourth-order valence-corrected chi connectivity index (χ4v) is 6.78. The molecule has 6 heterocycles. The van der Waals surface area contributed by atoms with E-state index in [1.165, 1.54) is 21.8 Å². The Morgan fingerprint density at radius 3 is 2.67 bits per heavy atom. The van der Waals surface area contributed by atoms with Crippen LogP contribution in [0.1, 0.15) is 25.8 Å². The zero-order valence-electron chi connectivity index (χ0n) is 23.0. The quantitative estimate of drug-likeness (QED) is 0.116. The van der Waals surface area contributed by atoms with Crippen LogP contribution in [-0.4, -0.2) is 97.2 Å². The van der Waals surface area contributed by atoms with E-state index in [1.807, 2.05) is 0 Å². The molecule has 4 aromatic heterocycles. The van der Waals surface area contributed by atoms with Crippen LogP contribution in [0.4, 0.5) is 16.2 Å². The number of imidazole rings is 2. The van der Waals surface area contributed by atoms with Gasteiger partial charge in [-0.15, -0.1) is 9.42 Å². The van der Waals surface area contributed by atoms with Gasteiger partial charge >= 0.3 is 16.1 Å². The van der Waals surface area contributed by atoms with Crippen molar-refractivity contribution in [2.24, 2.45) is 0 Å². The molecule has 24 heteroatoms. The first-order chi connectivity index (χ1) is 21.3. The number of ether oxygens (including phenoxy) is 2. The molecule has 9 unspecified atom stereocenters. The van der Waals surface area contributed by atoms with Crippen molar-refractivity contribution in [2.45, 2.75) is 55.9 Å². The van der Waals surface area contributed by atoms with Crippen molar-refractivity contribution in [3.05, 3.63) is 29.3 Å². The van der Waals surface area contributed by atoms with Crippen molar-refractivity contribution in [2.75, 3.05) is 24.7 Å². The average Bonchev–Trinajstić information content (AvgIpc) is 3.72. The topological polar surface area (TPSA) is 300 Å². The fraction of sp³-hybridized carbons (Fsp3) is 0.524. The lowest BCUT2D eigenvalue weighted by Crippen LogP contribution is -2.41. The molecule has 4 aromatic rings. The summed E-state index contributed by atoms with van der Waals surface area (Å²) in [6, 6.07) is 0. The Labute approximate surface area is 250 Å². The molecule has 45 heavy (non-hydrogen) atoms. The molecule has 0 spiro atoms. The maximum atomic E-state index is 16.2. The molecule has 2 aliphatic heterocycles. The van der Waals surface area contributed by atoms with Crippen molar-refractivity contribution in [3.8, 4) is 0 Å². The fourth-order valence-electron chi connectivity index (χ4n) is 5.32. The molecule has 0 radical (unpaired) electrons. The van der Waals surface area contributed by atoms with Crippen LogP contribution in [0.3, 0.4) is 0 Å². The van der Waals surface area contributed by atoms with Gasteiger partial charge in [-0.05, 0) is 6.92 Å². The first-order valence-corrected chi connectivity index (χ1v) is 15.7. The van der Waals surface area contributed by atoms with Gasteiger partial charge < -0.3 is 30.9 Å². The van der Waals surface area contributed by atoms with Crippen LogP contribution in [0, 0.1) is 0 Å². The molecule has 0 amide bonds. The van der Waals surface area contributed by atoms with Gasteiger partial charge in [-0.1, -0.05) is 0 Å². The van der Waals surface area contributed by atoms with E-state index in [2.05, 4.69) is 29.9 Å². The minimum Gasteiger partial charge on any atom is -0.394 e. The molecule has 8 N–H and O–H groups in total. The number of aromatic nitrogens is 8. The second-order valence-electron chi connectivity index (χ2n) is 10.3. The molecule has 2 saturated heterocycles. The Morgan fingerprint density at radius 1 is 1.20 bits per heavy atom. The Balaban J connectivity index is 1.22. The van der Waals surface area contributed by atoms with Crippen LogP contribution in [0.25, 0.3) is 22.3 Å². The van der Waals surface area contributed by atoms with Gasteiger partial charge in [-0.25, -0.2) is 28.9 Å². The third-order valence-corrected chi connectivity index (χ3v) is 8.69. The number of aromatic amines is 1. The number of hydrogen-bond acceptors (Lipinski definition) is 16. The van der Waals surface area contributed by atoms with Crippen LogP contribution in [0.5, 0.6) is 0 Å². The predicted molar refractivity (Wildman–Crippen MR) is 147 cm³/mol. The van der Waals surface area contributed by atoms with E-state index in [-0.39, 0.29) is 40.5 Å². The molecule has 6 rings (SSSR count). The van der Waals surface area contributed by atoms with Gasteiger partial charge in [0.1, 0.15) is 24.1 Å². The van der Waals surface area contributed by atoms with Crippen LogP contribution >= 0.6 is 16.1 Å². The van der Waals surface area contributed by atoms with Crippen LogP contribution in [0.15, 0.2) is 23.8 Å². The number of nitrogen functional groups attached to an aromatic ring is 2. The molecule has 9 atom stereocenters. The highest BCUT2D eigenvalue weighted by atomic mass is 31.2. The zero-order chi connectivity index (χ0) is 32.3. The number of aliphatic hydroxyl groups is 1. The van der Waals surface area contributed by atoms with E-state index in [9.17, 15) is 28.8 Å². The summed E-state index contributed by atoms with van der Waals surface area (Å²) in [6.07, 6.45) is -4.86. The van der Waals surface area contributed by atoms with Gasteiger partial charge in [0, 0.05) is 11.0 Å².